The number of hydrogen-bond acceptors (Lipinski definition) is 6. The number of carbonyl (C=O) groups excluding carboxylic acids is 1. The monoisotopic (exact) mass is 393 g/mol. The van der Waals surface area contributed by atoms with Gasteiger partial charge in [-0.05, 0) is 30.9 Å². The standard InChI is InChI=1S/C22H27N5O2/c1-3-17-21(28)26(2)18-13-23-22(25-20(18)27(17)15-8-4-5-9-15)24-16-10-6-7-14-11-12-29-19(14)16/h6-7,10,13,15,17H,3-5,8-9,11-12H2,1-2H3,(H,23,24,25)/t17-/m0/s1. The van der Waals surface area contributed by atoms with E-state index in [1.54, 1.807) is 11.1 Å². The quantitative estimate of drug-likeness (QED) is 0.855. The number of amides is 1. The van der Waals surface area contributed by atoms with Gasteiger partial charge in [0.15, 0.2) is 5.82 Å². The molecular formula is C22H27N5O2. The highest BCUT2D eigenvalue weighted by Gasteiger charge is 2.41. The van der Waals surface area contributed by atoms with Crippen molar-refractivity contribution in [2.24, 2.45) is 0 Å². The van der Waals surface area contributed by atoms with Gasteiger partial charge < -0.3 is 19.9 Å². The molecular weight excluding hydrogens is 366 g/mol. The van der Waals surface area contributed by atoms with E-state index in [4.69, 9.17) is 9.72 Å². The Morgan fingerprint density at radius 3 is 2.90 bits per heavy atom. The van der Waals surface area contributed by atoms with Crippen molar-refractivity contribution in [3.05, 3.63) is 30.0 Å². The van der Waals surface area contributed by atoms with Gasteiger partial charge in [-0.1, -0.05) is 31.9 Å². The van der Waals surface area contributed by atoms with E-state index in [9.17, 15) is 4.79 Å². The molecule has 5 rings (SSSR count). The molecule has 2 aliphatic heterocycles. The molecule has 1 N–H and O–H groups in total. The van der Waals surface area contributed by atoms with Gasteiger partial charge in [-0.2, -0.15) is 4.98 Å². The summed E-state index contributed by atoms with van der Waals surface area (Å²) < 4.78 is 5.80. The molecule has 7 heteroatoms. The summed E-state index contributed by atoms with van der Waals surface area (Å²) in [5, 5.41) is 3.35. The Bertz CT molecular complexity index is 941. The van der Waals surface area contributed by atoms with Crippen LogP contribution in [-0.4, -0.2) is 41.6 Å². The first kappa shape index (κ1) is 18.2. The van der Waals surface area contributed by atoms with Crippen LogP contribution in [0.3, 0.4) is 0 Å². The largest absolute Gasteiger partial charge is 0.491 e. The molecule has 0 radical (unpaired) electrons. The third-order valence-corrected chi connectivity index (χ3v) is 6.37. The second kappa shape index (κ2) is 7.21. The summed E-state index contributed by atoms with van der Waals surface area (Å²) in [5.74, 6) is 2.41. The number of nitrogens with one attached hydrogen (secondary N) is 1. The Morgan fingerprint density at radius 1 is 1.28 bits per heavy atom. The van der Waals surface area contributed by atoms with Crippen LogP contribution in [0, 0.1) is 0 Å². The van der Waals surface area contributed by atoms with E-state index in [-0.39, 0.29) is 11.9 Å². The molecule has 2 aromatic rings. The SMILES string of the molecule is CC[C@H]1C(=O)N(C)c2cnc(Nc3cccc4c3OCC4)nc2N1C1CCCC1. The molecule has 3 heterocycles. The fourth-order valence-corrected chi connectivity index (χ4v) is 4.88. The van der Waals surface area contributed by atoms with Crippen molar-refractivity contribution in [2.45, 2.75) is 57.5 Å². The van der Waals surface area contributed by atoms with Crippen molar-refractivity contribution >= 4 is 29.0 Å². The first-order valence-corrected chi connectivity index (χ1v) is 10.6. The molecule has 1 aromatic heterocycles. The van der Waals surface area contributed by atoms with Gasteiger partial charge in [-0.3, -0.25) is 4.79 Å². The highest BCUT2D eigenvalue weighted by Crippen LogP contribution is 2.41. The molecule has 7 nitrogen and oxygen atoms in total. The Kier molecular flexibility index (Phi) is 4.53. The van der Waals surface area contributed by atoms with E-state index in [0.29, 0.717) is 18.6 Å². The van der Waals surface area contributed by atoms with Gasteiger partial charge in [0.1, 0.15) is 17.5 Å². The van der Waals surface area contributed by atoms with Gasteiger partial charge in [0, 0.05) is 19.5 Å². The molecule has 0 spiro atoms. The lowest BCUT2D eigenvalue weighted by Gasteiger charge is -2.43. The molecule has 1 atom stereocenters. The predicted molar refractivity (Wildman–Crippen MR) is 113 cm³/mol. The molecule has 1 amide bonds. The summed E-state index contributed by atoms with van der Waals surface area (Å²) in [7, 11) is 1.82. The Hall–Kier alpha value is -2.83. The third-order valence-electron chi connectivity index (χ3n) is 6.37. The third kappa shape index (κ3) is 2.99. The van der Waals surface area contributed by atoms with E-state index < -0.39 is 0 Å². The predicted octanol–water partition coefficient (Wildman–Crippen LogP) is 3.66. The average molecular weight is 393 g/mol. The Balaban J connectivity index is 1.54. The maximum Gasteiger partial charge on any atom is 0.249 e. The van der Waals surface area contributed by atoms with Crippen molar-refractivity contribution in [1.82, 2.24) is 9.97 Å². The number of benzene rings is 1. The summed E-state index contributed by atoms with van der Waals surface area (Å²) in [6.45, 7) is 2.79. The van der Waals surface area contributed by atoms with E-state index >= 15 is 0 Å². The normalized spacial score (nSPS) is 21.2. The van der Waals surface area contributed by atoms with Crippen LogP contribution in [0.5, 0.6) is 5.75 Å². The second-order valence-corrected chi connectivity index (χ2v) is 8.09. The van der Waals surface area contributed by atoms with Crippen LogP contribution in [0.4, 0.5) is 23.1 Å². The van der Waals surface area contributed by atoms with Crippen LogP contribution in [0.15, 0.2) is 24.4 Å². The lowest BCUT2D eigenvalue weighted by atomic mass is 10.0. The fraction of sp³-hybridized carbons (Fsp3) is 0.500. The minimum absolute atomic E-state index is 0.130. The van der Waals surface area contributed by atoms with Crippen LogP contribution in [0.1, 0.15) is 44.6 Å². The number of nitrogens with zero attached hydrogens (tertiary/aromatic N) is 4. The molecule has 152 valence electrons. The molecule has 1 saturated carbocycles. The Labute approximate surface area is 171 Å². The summed E-state index contributed by atoms with van der Waals surface area (Å²) in [5.41, 5.74) is 2.88. The summed E-state index contributed by atoms with van der Waals surface area (Å²) in [4.78, 5) is 26.4. The van der Waals surface area contributed by atoms with Crippen LogP contribution >= 0.6 is 0 Å². The first-order valence-electron chi connectivity index (χ1n) is 10.6. The van der Waals surface area contributed by atoms with Gasteiger partial charge in [0.05, 0.1) is 18.5 Å². The average Bonchev–Trinajstić information content (AvgIpc) is 3.42. The van der Waals surface area contributed by atoms with Gasteiger partial charge in [-0.15, -0.1) is 0 Å². The first-order chi connectivity index (χ1) is 14.2. The summed E-state index contributed by atoms with van der Waals surface area (Å²) in [6, 6.07) is 6.31. The van der Waals surface area contributed by atoms with E-state index in [1.165, 1.54) is 18.4 Å². The van der Waals surface area contributed by atoms with E-state index in [1.807, 2.05) is 19.2 Å². The van der Waals surface area contributed by atoms with Crippen LogP contribution in [-0.2, 0) is 11.2 Å². The van der Waals surface area contributed by atoms with Crippen molar-refractivity contribution in [1.29, 1.82) is 0 Å². The maximum absolute atomic E-state index is 13.0. The zero-order valence-electron chi connectivity index (χ0n) is 17.0. The number of fused-ring (bicyclic) bond motifs is 2. The number of aromatic nitrogens is 2. The second-order valence-electron chi connectivity index (χ2n) is 8.09. The van der Waals surface area contributed by atoms with Crippen molar-refractivity contribution in [3.63, 3.8) is 0 Å². The van der Waals surface area contributed by atoms with E-state index in [0.717, 1.165) is 48.6 Å². The summed E-state index contributed by atoms with van der Waals surface area (Å²) >= 11 is 0. The molecule has 29 heavy (non-hydrogen) atoms. The van der Waals surface area contributed by atoms with Crippen molar-refractivity contribution in [3.8, 4) is 5.75 Å². The number of anilines is 4. The van der Waals surface area contributed by atoms with Crippen LogP contribution < -0.4 is 19.9 Å². The zero-order chi connectivity index (χ0) is 20.0. The highest BCUT2D eigenvalue weighted by atomic mass is 16.5. The highest BCUT2D eigenvalue weighted by molar-refractivity contribution is 6.04. The smallest absolute Gasteiger partial charge is 0.249 e. The molecule has 3 aliphatic rings. The zero-order valence-corrected chi connectivity index (χ0v) is 17.0. The number of carbonyl (C=O) groups is 1. The van der Waals surface area contributed by atoms with Crippen molar-refractivity contribution < 1.29 is 9.53 Å². The molecule has 1 aromatic carbocycles. The molecule has 1 aliphatic carbocycles. The fourth-order valence-electron chi connectivity index (χ4n) is 4.88. The minimum Gasteiger partial charge on any atom is -0.491 e. The number of para-hydroxylation sites is 1. The minimum atomic E-state index is -0.164. The number of rotatable bonds is 4. The molecule has 0 unspecified atom stereocenters. The lowest BCUT2D eigenvalue weighted by molar-refractivity contribution is -0.120. The molecule has 0 bridgehead atoms. The van der Waals surface area contributed by atoms with Crippen molar-refractivity contribution in [2.75, 3.05) is 28.8 Å². The van der Waals surface area contributed by atoms with Gasteiger partial charge in [-0.25, -0.2) is 4.98 Å². The van der Waals surface area contributed by atoms with Gasteiger partial charge in [0.25, 0.3) is 0 Å². The summed E-state index contributed by atoms with van der Waals surface area (Å²) in [6.07, 6.45) is 8.10. The van der Waals surface area contributed by atoms with Crippen LogP contribution in [0.25, 0.3) is 0 Å². The molecule has 1 fully saturated rings. The van der Waals surface area contributed by atoms with Crippen LogP contribution in [0.2, 0.25) is 0 Å². The number of ether oxygens (including phenoxy) is 1. The maximum atomic E-state index is 13.0. The lowest BCUT2D eigenvalue weighted by Crippen LogP contribution is -2.55. The Morgan fingerprint density at radius 2 is 2.10 bits per heavy atom. The molecule has 0 saturated heterocycles. The van der Waals surface area contributed by atoms with Gasteiger partial charge in [0.2, 0.25) is 11.9 Å². The topological polar surface area (TPSA) is 70.6 Å². The van der Waals surface area contributed by atoms with E-state index in [2.05, 4.69) is 28.2 Å². The van der Waals surface area contributed by atoms with Gasteiger partial charge >= 0.3 is 0 Å². The number of likely N-dealkylation sites (N-methyl/N-ethyl adjacent to an activating group) is 1. The number of hydrogen-bond donors (Lipinski definition) is 1.